The van der Waals surface area contributed by atoms with Crippen molar-refractivity contribution in [3.8, 4) is 0 Å². The minimum atomic E-state index is -0.436. The van der Waals surface area contributed by atoms with E-state index in [2.05, 4.69) is 20.8 Å². The van der Waals surface area contributed by atoms with Crippen LogP contribution in [0.2, 0.25) is 5.02 Å². The van der Waals surface area contributed by atoms with E-state index in [0.717, 1.165) is 0 Å². The molecule has 5 nitrogen and oxygen atoms in total. The lowest BCUT2D eigenvalue weighted by molar-refractivity contribution is 0.252. The van der Waals surface area contributed by atoms with E-state index >= 15 is 0 Å². The Balaban J connectivity index is 1.85. The summed E-state index contributed by atoms with van der Waals surface area (Å²) in [4.78, 5) is 15.5. The molecule has 2 amide bonds. The van der Waals surface area contributed by atoms with Gasteiger partial charge in [0, 0.05) is 16.9 Å². The van der Waals surface area contributed by atoms with E-state index in [0.29, 0.717) is 16.4 Å². The number of carbonyl (C=O) groups is 1. The molecule has 0 fully saturated rings. The summed E-state index contributed by atoms with van der Waals surface area (Å²) in [6.45, 7) is 0. The van der Waals surface area contributed by atoms with E-state index in [4.69, 9.17) is 11.6 Å². The summed E-state index contributed by atoms with van der Waals surface area (Å²) in [6, 6.07) is 11.8. The minimum Gasteiger partial charge on any atom is -0.307 e. The number of anilines is 1. The summed E-state index contributed by atoms with van der Waals surface area (Å²) in [6.07, 6.45) is 3.11. The Morgan fingerprint density at radius 1 is 1.21 bits per heavy atom. The quantitative estimate of drug-likeness (QED) is 0.667. The van der Waals surface area contributed by atoms with Crippen LogP contribution in [0.1, 0.15) is 5.69 Å². The van der Waals surface area contributed by atoms with Gasteiger partial charge in [-0.1, -0.05) is 17.7 Å². The van der Waals surface area contributed by atoms with Crippen molar-refractivity contribution in [2.24, 2.45) is 5.10 Å². The van der Waals surface area contributed by atoms with Gasteiger partial charge < -0.3 is 5.32 Å². The molecule has 0 saturated carbocycles. The average molecular weight is 275 g/mol. The van der Waals surface area contributed by atoms with Crippen LogP contribution in [-0.2, 0) is 0 Å². The third-order valence-electron chi connectivity index (χ3n) is 2.15. The Morgan fingerprint density at radius 3 is 2.68 bits per heavy atom. The maximum absolute atomic E-state index is 11.5. The van der Waals surface area contributed by atoms with Crippen molar-refractivity contribution >= 4 is 29.5 Å². The molecule has 2 aromatic rings. The van der Waals surface area contributed by atoms with Crippen LogP contribution >= 0.6 is 11.6 Å². The van der Waals surface area contributed by atoms with Gasteiger partial charge in [-0.25, -0.2) is 10.2 Å². The van der Waals surface area contributed by atoms with E-state index in [1.807, 2.05) is 6.07 Å². The van der Waals surface area contributed by atoms with Gasteiger partial charge in [-0.2, -0.15) is 5.10 Å². The van der Waals surface area contributed by atoms with Gasteiger partial charge in [0.25, 0.3) is 0 Å². The van der Waals surface area contributed by atoms with Crippen LogP contribution in [0.5, 0.6) is 0 Å². The molecule has 6 heteroatoms. The van der Waals surface area contributed by atoms with Crippen molar-refractivity contribution in [3.63, 3.8) is 0 Å². The second-order valence-electron chi connectivity index (χ2n) is 3.59. The number of halogens is 1. The van der Waals surface area contributed by atoms with Crippen molar-refractivity contribution in [3.05, 3.63) is 59.4 Å². The average Bonchev–Trinajstić information content (AvgIpc) is 2.43. The van der Waals surface area contributed by atoms with Crippen LogP contribution < -0.4 is 10.7 Å². The maximum atomic E-state index is 11.5. The normalized spacial score (nSPS) is 10.4. The number of amides is 2. The largest absolute Gasteiger partial charge is 0.339 e. The number of hydrogen-bond donors (Lipinski definition) is 2. The number of nitrogens with zero attached hydrogens (tertiary/aromatic N) is 2. The van der Waals surface area contributed by atoms with Gasteiger partial charge >= 0.3 is 6.03 Å². The fourth-order valence-corrected chi connectivity index (χ4v) is 1.43. The van der Waals surface area contributed by atoms with E-state index in [1.165, 1.54) is 6.21 Å². The van der Waals surface area contributed by atoms with Crippen LogP contribution in [0.15, 0.2) is 53.8 Å². The highest BCUT2D eigenvalue weighted by atomic mass is 35.5. The summed E-state index contributed by atoms with van der Waals surface area (Å²) in [5.41, 5.74) is 3.64. The van der Waals surface area contributed by atoms with Crippen molar-refractivity contribution in [1.82, 2.24) is 10.4 Å². The van der Waals surface area contributed by atoms with Crippen LogP contribution in [0, 0.1) is 0 Å². The molecule has 0 aliphatic carbocycles. The molecular weight excluding hydrogens is 264 g/mol. The number of urea groups is 1. The summed E-state index contributed by atoms with van der Waals surface area (Å²) >= 11 is 5.74. The molecule has 2 N–H and O–H groups in total. The molecule has 2 rings (SSSR count). The van der Waals surface area contributed by atoms with Crippen LogP contribution in [0.4, 0.5) is 10.5 Å². The lowest BCUT2D eigenvalue weighted by Crippen LogP contribution is -2.24. The molecule has 0 atom stereocenters. The molecule has 96 valence electrons. The zero-order valence-corrected chi connectivity index (χ0v) is 10.6. The lowest BCUT2D eigenvalue weighted by atomic mass is 10.3. The molecule has 0 bridgehead atoms. The van der Waals surface area contributed by atoms with Gasteiger partial charge in [-0.15, -0.1) is 0 Å². The highest BCUT2D eigenvalue weighted by Crippen LogP contribution is 2.12. The fourth-order valence-electron chi connectivity index (χ4n) is 1.30. The molecule has 1 aromatic heterocycles. The predicted octanol–water partition coefficient (Wildman–Crippen LogP) is 2.89. The van der Waals surface area contributed by atoms with E-state index in [-0.39, 0.29) is 0 Å². The van der Waals surface area contributed by atoms with Crippen LogP contribution in [0.3, 0.4) is 0 Å². The summed E-state index contributed by atoms with van der Waals surface area (Å²) in [7, 11) is 0. The van der Waals surface area contributed by atoms with Gasteiger partial charge in [0.1, 0.15) is 0 Å². The number of nitrogens with one attached hydrogen (secondary N) is 2. The van der Waals surface area contributed by atoms with Crippen molar-refractivity contribution < 1.29 is 4.79 Å². The zero-order valence-electron chi connectivity index (χ0n) is 9.88. The SMILES string of the molecule is O=C(N/N=C\c1ccccn1)Nc1ccc(Cl)cc1. The number of carbonyl (C=O) groups excluding carboxylic acids is 1. The summed E-state index contributed by atoms with van der Waals surface area (Å²) in [5, 5.41) is 7.00. The molecule has 0 spiro atoms. The molecular formula is C13H11ClN4O. The third-order valence-corrected chi connectivity index (χ3v) is 2.40. The van der Waals surface area contributed by atoms with E-state index in [9.17, 15) is 4.79 Å². The molecule has 0 unspecified atom stereocenters. The lowest BCUT2D eigenvalue weighted by Gasteiger charge is -2.03. The first-order chi connectivity index (χ1) is 9.24. The first-order valence-electron chi connectivity index (χ1n) is 5.51. The third kappa shape index (κ3) is 4.40. The van der Waals surface area contributed by atoms with Crippen LogP contribution in [-0.4, -0.2) is 17.2 Å². The summed E-state index contributed by atoms with van der Waals surface area (Å²) in [5.74, 6) is 0. The van der Waals surface area contributed by atoms with Gasteiger partial charge in [0.15, 0.2) is 0 Å². The van der Waals surface area contributed by atoms with E-state index < -0.39 is 6.03 Å². The fraction of sp³-hybridized carbons (Fsp3) is 0. The molecule has 0 aliphatic rings. The van der Waals surface area contributed by atoms with Gasteiger partial charge in [0.2, 0.25) is 0 Å². The highest BCUT2D eigenvalue weighted by Gasteiger charge is 1.99. The van der Waals surface area contributed by atoms with Crippen LogP contribution in [0.25, 0.3) is 0 Å². The number of benzene rings is 1. The molecule has 19 heavy (non-hydrogen) atoms. The Morgan fingerprint density at radius 2 is 2.00 bits per heavy atom. The molecule has 0 radical (unpaired) electrons. The molecule has 1 aromatic carbocycles. The standard InChI is InChI=1S/C13H11ClN4O/c14-10-4-6-11(7-5-10)17-13(19)18-16-9-12-3-1-2-8-15-12/h1-9H,(H2,17,18,19)/b16-9-. The second kappa shape index (κ2) is 6.51. The Kier molecular flexibility index (Phi) is 4.47. The molecule has 0 aliphatic heterocycles. The smallest absolute Gasteiger partial charge is 0.307 e. The Bertz CT molecular complexity index is 569. The Hall–Kier alpha value is -2.40. The van der Waals surface area contributed by atoms with Crippen molar-refractivity contribution in [1.29, 1.82) is 0 Å². The van der Waals surface area contributed by atoms with Crippen molar-refractivity contribution in [2.75, 3.05) is 5.32 Å². The minimum absolute atomic E-state index is 0.436. The number of pyridine rings is 1. The highest BCUT2D eigenvalue weighted by molar-refractivity contribution is 6.30. The topological polar surface area (TPSA) is 66.4 Å². The van der Waals surface area contributed by atoms with Crippen molar-refractivity contribution in [2.45, 2.75) is 0 Å². The molecule has 1 heterocycles. The first kappa shape index (κ1) is 13.0. The maximum Gasteiger partial charge on any atom is 0.339 e. The number of aromatic nitrogens is 1. The molecule has 0 saturated heterocycles. The number of rotatable bonds is 3. The first-order valence-corrected chi connectivity index (χ1v) is 5.88. The predicted molar refractivity (Wildman–Crippen MR) is 75.4 cm³/mol. The Labute approximate surface area is 115 Å². The zero-order chi connectivity index (χ0) is 13.5. The monoisotopic (exact) mass is 274 g/mol. The number of hydrazone groups is 1. The van der Waals surface area contributed by atoms with Gasteiger partial charge in [0.05, 0.1) is 11.9 Å². The van der Waals surface area contributed by atoms with E-state index in [1.54, 1.807) is 42.6 Å². The summed E-state index contributed by atoms with van der Waals surface area (Å²) < 4.78 is 0. The number of hydrogen-bond acceptors (Lipinski definition) is 3. The second-order valence-corrected chi connectivity index (χ2v) is 4.02. The van der Waals surface area contributed by atoms with Gasteiger partial charge in [-0.3, -0.25) is 4.98 Å². The van der Waals surface area contributed by atoms with Gasteiger partial charge in [-0.05, 0) is 36.4 Å².